The van der Waals surface area contributed by atoms with Crippen LogP contribution in [0.4, 0.5) is 0 Å². The number of rotatable bonds is 2. The Hall–Kier alpha value is -1.26. The first-order valence-corrected chi connectivity index (χ1v) is 5.32. The van der Waals surface area contributed by atoms with Crippen molar-refractivity contribution < 1.29 is 0 Å². The molecule has 0 unspecified atom stereocenters. The van der Waals surface area contributed by atoms with Crippen molar-refractivity contribution in [2.75, 3.05) is 0 Å². The molecular weight excluding hydrogens is 168 g/mol. The summed E-state index contributed by atoms with van der Waals surface area (Å²) in [5.41, 5.74) is 4.41. The molecule has 2 rings (SSSR count). The fraction of sp³-hybridized carbons (Fsp3) is 0.357. The minimum Gasteiger partial charge on any atom is -0.133 e. The summed E-state index contributed by atoms with van der Waals surface area (Å²) >= 11 is 0. The van der Waals surface area contributed by atoms with Gasteiger partial charge in [0.2, 0.25) is 0 Å². The number of hydrogen-bond acceptors (Lipinski definition) is 0. The summed E-state index contributed by atoms with van der Waals surface area (Å²) in [6, 6.07) is 10.8. The molecule has 0 saturated heterocycles. The van der Waals surface area contributed by atoms with E-state index >= 15 is 0 Å². The van der Waals surface area contributed by atoms with Gasteiger partial charge in [0.15, 0.2) is 0 Å². The fourth-order valence-corrected chi connectivity index (χ4v) is 2.45. The fourth-order valence-electron chi connectivity index (χ4n) is 2.45. The van der Waals surface area contributed by atoms with E-state index in [2.05, 4.69) is 48.7 Å². The van der Waals surface area contributed by atoms with Gasteiger partial charge in [-0.2, -0.15) is 0 Å². The monoisotopic (exact) mass is 184 g/mol. The van der Waals surface area contributed by atoms with Crippen molar-refractivity contribution in [2.45, 2.75) is 25.2 Å². The third kappa shape index (κ3) is 1.81. The molecule has 0 amide bonds. The first-order chi connectivity index (χ1) is 6.92. The van der Waals surface area contributed by atoms with Gasteiger partial charge in [-0.25, -0.2) is 0 Å². The van der Waals surface area contributed by atoms with E-state index in [1.165, 1.54) is 24.8 Å². The maximum absolute atomic E-state index is 3.67. The topological polar surface area (TPSA) is 0 Å². The van der Waals surface area contributed by atoms with Gasteiger partial charge >= 0.3 is 0 Å². The van der Waals surface area contributed by atoms with Crippen LogP contribution in [0.25, 0.3) is 0 Å². The molecule has 1 aliphatic carbocycles. The maximum atomic E-state index is 3.67. The molecule has 0 radical (unpaired) electrons. The van der Waals surface area contributed by atoms with E-state index in [1.807, 2.05) is 0 Å². The van der Waals surface area contributed by atoms with Crippen molar-refractivity contribution in [3.8, 4) is 0 Å². The molecule has 2 atom stereocenters. The number of hydrogen-bond donors (Lipinski definition) is 0. The van der Waals surface area contributed by atoms with E-state index in [4.69, 9.17) is 0 Å². The molecule has 0 heteroatoms. The molecule has 0 N–H and O–H groups in total. The summed E-state index contributed by atoms with van der Waals surface area (Å²) in [5.74, 6) is 1.36. The van der Waals surface area contributed by atoms with Gasteiger partial charge in [0, 0.05) is 0 Å². The van der Waals surface area contributed by atoms with Gasteiger partial charge in [-0.3, -0.25) is 0 Å². The van der Waals surface area contributed by atoms with Gasteiger partial charge in [-0.1, -0.05) is 43.3 Å². The lowest BCUT2D eigenvalue weighted by atomic mass is 9.89. The summed E-state index contributed by atoms with van der Waals surface area (Å²) in [6.45, 7) is 3.67. The van der Waals surface area contributed by atoms with Crippen LogP contribution >= 0.6 is 0 Å². The molecule has 72 valence electrons. The SMILES string of the molecule is C=C=C[C@@H]1CCC[C@H]1c1ccccc1. The highest BCUT2D eigenvalue weighted by atomic mass is 14.3. The molecule has 1 aromatic carbocycles. The predicted molar refractivity (Wildman–Crippen MR) is 60.2 cm³/mol. The first-order valence-electron chi connectivity index (χ1n) is 5.32. The molecule has 0 spiro atoms. The van der Waals surface area contributed by atoms with Crippen molar-refractivity contribution in [1.29, 1.82) is 0 Å². The summed E-state index contributed by atoms with van der Waals surface area (Å²) < 4.78 is 0. The van der Waals surface area contributed by atoms with E-state index in [0.29, 0.717) is 11.8 Å². The molecule has 0 nitrogen and oxygen atoms in total. The van der Waals surface area contributed by atoms with E-state index < -0.39 is 0 Å². The molecular formula is C14H16. The highest BCUT2D eigenvalue weighted by molar-refractivity contribution is 5.22. The molecule has 0 aliphatic heterocycles. The second-order valence-corrected chi connectivity index (χ2v) is 3.98. The second kappa shape index (κ2) is 4.30. The minimum atomic E-state index is 0.662. The lowest BCUT2D eigenvalue weighted by Gasteiger charge is -2.15. The summed E-state index contributed by atoms with van der Waals surface area (Å²) in [6.07, 6.45) is 6.09. The highest BCUT2D eigenvalue weighted by Crippen LogP contribution is 2.39. The van der Waals surface area contributed by atoms with Gasteiger partial charge in [0.25, 0.3) is 0 Å². The van der Waals surface area contributed by atoms with Gasteiger partial charge in [-0.05, 0) is 36.3 Å². The zero-order chi connectivity index (χ0) is 9.80. The Morgan fingerprint density at radius 1 is 1.21 bits per heavy atom. The van der Waals surface area contributed by atoms with Crippen molar-refractivity contribution in [2.24, 2.45) is 5.92 Å². The normalized spacial score (nSPS) is 25.7. The van der Waals surface area contributed by atoms with Crippen LogP contribution < -0.4 is 0 Å². The third-order valence-electron chi connectivity index (χ3n) is 3.13. The smallest absolute Gasteiger partial charge is 0.00888 e. The average molecular weight is 184 g/mol. The summed E-state index contributed by atoms with van der Waals surface area (Å²) in [5, 5.41) is 0. The molecule has 0 bridgehead atoms. The van der Waals surface area contributed by atoms with Crippen LogP contribution in [0.1, 0.15) is 30.7 Å². The lowest BCUT2D eigenvalue weighted by Crippen LogP contribution is -2.02. The van der Waals surface area contributed by atoms with E-state index in [0.717, 1.165) is 0 Å². The maximum Gasteiger partial charge on any atom is -0.00888 e. The van der Waals surface area contributed by atoms with Crippen LogP contribution in [0, 0.1) is 5.92 Å². The highest BCUT2D eigenvalue weighted by Gasteiger charge is 2.26. The van der Waals surface area contributed by atoms with E-state index in [9.17, 15) is 0 Å². The zero-order valence-electron chi connectivity index (χ0n) is 8.45. The second-order valence-electron chi connectivity index (χ2n) is 3.98. The molecule has 1 saturated carbocycles. The first kappa shape index (κ1) is 9.30. The van der Waals surface area contributed by atoms with Gasteiger partial charge in [-0.15, -0.1) is 5.73 Å². The van der Waals surface area contributed by atoms with Crippen LogP contribution in [0.15, 0.2) is 48.7 Å². The Balaban J connectivity index is 2.21. The number of benzene rings is 1. The molecule has 0 heterocycles. The van der Waals surface area contributed by atoms with Crippen LogP contribution in [0.5, 0.6) is 0 Å². The minimum absolute atomic E-state index is 0.662. The van der Waals surface area contributed by atoms with Crippen molar-refractivity contribution in [3.05, 3.63) is 54.3 Å². The quantitative estimate of drug-likeness (QED) is 0.611. The molecule has 0 aromatic heterocycles. The molecule has 1 aliphatic rings. The van der Waals surface area contributed by atoms with Crippen LogP contribution in [0.3, 0.4) is 0 Å². The Morgan fingerprint density at radius 3 is 2.71 bits per heavy atom. The third-order valence-corrected chi connectivity index (χ3v) is 3.13. The molecule has 1 aromatic rings. The number of allylic oxidation sites excluding steroid dienone is 1. The van der Waals surface area contributed by atoms with Crippen LogP contribution in [-0.4, -0.2) is 0 Å². The Bertz CT molecular complexity index is 330. The van der Waals surface area contributed by atoms with Crippen molar-refractivity contribution in [3.63, 3.8) is 0 Å². The van der Waals surface area contributed by atoms with E-state index in [-0.39, 0.29) is 0 Å². The van der Waals surface area contributed by atoms with Gasteiger partial charge in [0.1, 0.15) is 0 Å². The Kier molecular flexibility index (Phi) is 2.86. The van der Waals surface area contributed by atoms with Crippen molar-refractivity contribution >= 4 is 0 Å². The van der Waals surface area contributed by atoms with Crippen LogP contribution in [0.2, 0.25) is 0 Å². The summed E-state index contributed by atoms with van der Waals surface area (Å²) in [4.78, 5) is 0. The standard InChI is InChI=1S/C14H16/c1-2-7-12-10-6-11-14(12)13-8-4-3-5-9-13/h3-5,7-9,12,14H,1,6,10-11H2/t12-,14-/m1/s1. The Labute approximate surface area is 86.0 Å². The van der Waals surface area contributed by atoms with Crippen LogP contribution in [-0.2, 0) is 0 Å². The average Bonchev–Trinajstić information content (AvgIpc) is 2.68. The largest absolute Gasteiger partial charge is 0.133 e. The van der Waals surface area contributed by atoms with Crippen molar-refractivity contribution in [1.82, 2.24) is 0 Å². The summed E-state index contributed by atoms with van der Waals surface area (Å²) in [7, 11) is 0. The molecule has 14 heavy (non-hydrogen) atoms. The Morgan fingerprint density at radius 2 is 2.00 bits per heavy atom. The van der Waals surface area contributed by atoms with Gasteiger partial charge < -0.3 is 0 Å². The zero-order valence-corrected chi connectivity index (χ0v) is 8.45. The predicted octanol–water partition coefficient (Wildman–Crippen LogP) is 3.91. The lowest BCUT2D eigenvalue weighted by molar-refractivity contribution is 0.591. The van der Waals surface area contributed by atoms with E-state index in [1.54, 1.807) is 0 Å². The van der Waals surface area contributed by atoms with Gasteiger partial charge in [0.05, 0.1) is 0 Å². The molecule has 1 fully saturated rings.